The number of carbonyl (C=O) groups excluding carboxylic acids is 2. The number of hydrogen-bond donors (Lipinski definition) is 2. The number of ether oxygens (including phenoxy) is 2. The van der Waals surface area contributed by atoms with Gasteiger partial charge in [0.15, 0.2) is 6.10 Å². The van der Waals surface area contributed by atoms with E-state index in [1.54, 1.807) is 0 Å². The van der Waals surface area contributed by atoms with Gasteiger partial charge in [0.25, 0.3) is 0 Å². The summed E-state index contributed by atoms with van der Waals surface area (Å²) in [6.07, 6.45) is 111. The number of allylic oxidation sites excluding steroid dienone is 18. The van der Waals surface area contributed by atoms with Crippen molar-refractivity contribution in [2.45, 2.75) is 392 Å². The molecule has 0 aliphatic heterocycles. The van der Waals surface area contributed by atoms with Crippen LogP contribution in [0.15, 0.2) is 109 Å². The van der Waals surface area contributed by atoms with Crippen molar-refractivity contribution in [3.05, 3.63) is 109 Å². The van der Waals surface area contributed by atoms with Crippen molar-refractivity contribution < 1.29 is 37.6 Å². The maximum absolute atomic E-state index is 12.8. The zero-order chi connectivity index (χ0) is 68.6. The molecule has 0 saturated carbocycles. The first-order valence-corrected chi connectivity index (χ1v) is 41.9. The molecular formula is C85H152NO8P. The van der Waals surface area contributed by atoms with Gasteiger partial charge >= 0.3 is 19.8 Å². The standard InChI is InChI=1S/C85H152NO8P/c1-3-5-7-9-11-13-15-17-19-21-23-25-27-29-31-33-35-37-39-40-41-42-44-45-47-49-51-53-55-57-59-61-63-65-67-69-71-73-75-77-84(87)91-81-83(82-93-95(89,90)92-80-79-86)94-85(88)78-76-74-72-70-68-66-64-62-60-58-56-54-52-50-48-46-43-38-36-34-32-30-28-26-24-22-20-18-16-14-12-10-8-6-4-2/h6,8,12,14-15,17-18,20-21,23-24,26,30,32,36,38,46,48,83H,3-5,7,9-11,13,16,19,22,25,27-29,31,33-35,37,39-45,47,49-82,86H2,1-2H3,(H,89,90)/b8-6-,14-12-,17-15-,20-18-,23-21-,26-24-,32-30-,38-36-,48-46-. The van der Waals surface area contributed by atoms with E-state index in [0.717, 1.165) is 89.9 Å². The topological polar surface area (TPSA) is 134 Å². The molecule has 2 atom stereocenters. The SMILES string of the molecule is CC/C=C\C/C=C\C/C=C\C/C=C\C/C=C\C/C=C\C/C=C\CCCCCCCCCCCCCCCC(=O)OC(COC(=O)CCCCCCCCCCCCCCCCCCCCCCCCCCCCC/C=C\C/C=C\CCCCCCC)COP(=O)(O)OCCN. The van der Waals surface area contributed by atoms with E-state index in [0.29, 0.717) is 6.42 Å². The summed E-state index contributed by atoms with van der Waals surface area (Å²) in [5, 5.41) is 0. The summed E-state index contributed by atoms with van der Waals surface area (Å²) < 4.78 is 33.3. The van der Waals surface area contributed by atoms with Gasteiger partial charge in [-0.2, -0.15) is 0 Å². The van der Waals surface area contributed by atoms with Crippen molar-refractivity contribution >= 4 is 19.8 Å². The smallest absolute Gasteiger partial charge is 0.462 e. The molecule has 0 bridgehead atoms. The van der Waals surface area contributed by atoms with Crippen molar-refractivity contribution in [3.8, 4) is 0 Å². The van der Waals surface area contributed by atoms with Crippen LogP contribution >= 0.6 is 7.82 Å². The van der Waals surface area contributed by atoms with Gasteiger partial charge in [0.2, 0.25) is 0 Å². The van der Waals surface area contributed by atoms with Crippen LogP contribution in [0, 0.1) is 0 Å². The molecule has 0 fully saturated rings. The second kappa shape index (κ2) is 79.7. The zero-order valence-corrected chi connectivity index (χ0v) is 63.0. The van der Waals surface area contributed by atoms with Crippen LogP contribution in [0.3, 0.4) is 0 Å². The molecule has 550 valence electrons. The minimum Gasteiger partial charge on any atom is -0.462 e. The van der Waals surface area contributed by atoms with Crippen molar-refractivity contribution in [3.63, 3.8) is 0 Å². The lowest BCUT2D eigenvalue weighted by Gasteiger charge is -2.19. The fraction of sp³-hybridized carbons (Fsp3) is 0.765. The van der Waals surface area contributed by atoms with Gasteiger partial charge in [-0.15, -0.1) is 0 Å². The summed E-state index contributed by atoms with van der Waals surface area (Å²) >= 11 is 0. The van der Waals surface area contributed by atoms with Crippen LogP contribution in [0.2, 0.25) is 0 Å². The van der Waals surface area contributed by atoms with Crippen molar-refractivity contribution in [1.82, 2.24) is 0 Å². The zero-order valence-electron chi connectivity index (χ0n) is 62.1. The molecule has 0 radical (unpaired) electrons. The maximum atomic E-state index is 12.8. The van der Waals surface area contributed by atoms with Gasteiger partial charge in [-0.05, 0) is 103 Å². The average Bonchev–Trinajstić information content (AvgIpc) is 3.32. The summed E-state index contributed by atoms with van der Waals surface area (Å²) in [5.41, 5.74) is 5.42. The van der Waals surface area contributed by atoms with E-state index in [9.17, 15) is 19.0 Å². The number of carbonyl (C=O) groups is 2. The molecule has 95 heavy (non-hydrogen) atoms. The van der Waals surface area contributed by atoms with E-state index < -0.39 is 26.5 Å². The summed E-state index contributed by atoms with van der Waals surface area (Å²) in [6.45, 7) is 3.67. The second-order valence-electron chi connectivity index (χ2n) is 26.9. The van der Waals surface area contributed by atoms with Gasteiger partial charge in [-0.3, -0.25) is 18.6 Å². The highest BCUT2D eigenvalue weighted by atomic mass is 31.2. The highest BCUT2D eigenvalue weighted by Crippen LogP contribution is 2.43. The fourth-order valence-corrected chi connectivity index (χ4v) is 12.5. The molecule has 9 nitrogen and oxygen atoms in total. The third-order valence-corrected chi connectivity index (χ3v) is 18.6. The van der Waals surface area contributed by atoms with Crippen molar-refractivity contribution in [2.24, 2.45) is 5.73 Å². The highest BCUT2D eigenvalue weighted by Gasteiger charge is 2.26. The Bertz CT molecular complexity index is 1930. The molecule has 0 spiro atoms. The lowest BCUT2D eigenvalue weighted by molar-refractivity contribution is -0.161. The number of phosphoric acid groups is 1. The van der Waals surface area contributed by atoms with Crippen LogP contribution in [0.1, 0.15) is 386 Å². The normalized spacial score (nSPS) is 13.4. The fourth-order valence-electron chi connectivity index (χ4n) is 11.7. The number of rotatable bonds is 76. The molecule has 0 saturated heterocycles. The van der Waals surface area contributed by atoms with Crippen LogP contribution in [0.5, 0.6) is 0 Å². The molecule has 0 aromatic heterocycles. The van der Waals surface area contributed by atoms with E-state index in [2.05, 4.69) is 123 Å². The van der Waals surface area contributed by atoms with Gasteiger partial charge < -0.3 is 20.1 Å². The van der Waals surface area contributed by atoms with Crippen LogP contribution < -0.4 is 5.73 Å². The molecule has 2 unspecified atom stereocenters. The van der Waals surface area contributed by atoms with Gasteiger partial charge in [0, 0.05) is 19.4 Å². The first kappa shape index (κ1) is 91.7. The van der Waals surface area contributed by atoms with Gasteiger partial charge in [0.1, 0.15) is 6.61 Å². The molecule has 0 amide bonds. The maximum Gasteiger partial charge on any atom is 0.472 e. The third kappa shape index (κ3) is 79.5. The van der Waals surface area contributed by atoms with E-state index in [-0.39, 0.29) is 38.6 Å². The van der Waals surface area contributed by atoms with Gasteiger partial charge in [-0.25, -0.2) is 4.57 Å². The molecule has 0 aromatic carbocycles. The second-order valence-corrected chi connectivity index (χ2v) is 28.4. The lowest BCUT2D eigenvalue weighted by atomic mass is 10.0. The Morgan fingerprint density at radius 3 is 0.863 bits per heavy atom. The monoisotopic (exact) mass is 1350 g/mol. The molecule has 0 heterocycles. The number of nitrogens with two attached hydrogens (primary N) is 1. The Balaban J connectivity index is 3.80. The van der Waals surface area contributed by atoms with Gasteiger partial charge in [0.05, 0.1) is 13.2 Å². The Labute approximate surface area is 588 Å². The van der Waals surface area contributed by atoms with Crippen LogP contribution in [0.25, 0.3) is 0 Å². The predicted molar refractivity (Wildman–Crippen MR) is 413 cm³/mol. The molecule has 0 aliphatic rings. The minimum atomic E-state index is -4.40. The largest absolute Gasteiger partial charge is 0.472 e. The number of phosphoric ester groups is 1. The third-order valence-electron chi connectivity index (χ3n) is 17.6. The molecule has 0 rings (SSSR count). The summed E-state index contributed by atoms with van der Waals surface area (Å²) in [6, 6.07) is 0. The molecule has 10 heteroatoms. The van der Waals surface area contributed by atoms with Crippen LogP contribution in [-0.4, -0.2) is 49.3 Å². The van der Waals surface area contributed by atoms with Crippen molar-refractivity contribution in [2.75, 3.05) is 26.4 Å². The molecule has 0 aliphatic carbocycles. The highest BCUT2D eigenvalue weighted by molar-refractivity contribution is 7.47. The number of unbranched alkanes of at least 4 members (excludes halogenated alkanes) is 45. The Kier molecular flexibility index (Phi) is 76.9. The lowest BCUT2D eigenvalue weighted by Crippen LogP contribution is -2.29. The molecule has 0 aromatic rings. The van der Waals surface area contributed by atoms with E-state index in [4.69, 9.17) is 24.3 Å². The minimum absolute atomic E-state index is 0.0514. The summed E-state index contributed by atoms with van der Waals surface area (Å²) in [5.74, 6) is -0.815. The molecule has 3 N–H and O–H groups in total. The van der Waals surface area contributed by atoms with E-state index in [1.165, 1.54) is 263 Å². The Morgan fingerprint density at radius 2 is 0.579 bits per heavy atom. The van der Waals surface area contributed by atoms with Crippen LogP contribution in [0.4, 0.5) is 0 Å². The first-order valence-electron chi connectivity index (χ1n) is 40.4. The number of hydrogen-bond acceptors (Lipinski definition) is 8. The van der Waals surface area contributed by atoms with Crippen LogP contribution in [-0.2, 0) is 32.7 Å². The Morgan fingerprint density at radius 1 is 0.326 bits per heavy atom. The van der Waals surface area contributed by atoms with Gasteiger partial charge in [-0.1, -0.05) is 380 Å². The Hall–Kier alpha value is -3.33. The quantitative estimate of drug-likeness (QED) is 0.0264. The predicted octanol–water partition coefficient (Wildman–Crippen LogP) is 27.2. The average molecular weight is 1350 g/mol. The van der Waals surface area contributed by atoms with Crippen molar-refractivity contribution in [1.29, 1.82) is 0 Å². The summed E-state index contributed by atoms with van der Waals surface area (Å²) in [7, 11) is -4.40. The first-order chi connectivity index (χ1) is 46.8. The molecular weight excluding hydrogens is 1190 g/mol. The summed E-state index contributed by atoms with van der Waals surface area (Å²) in [4.78, 5) is 35.5. The van der Waals surface area contributed by atoms with E-state index in [1.807, 2.05) is 0 Å². The number of esters is 2. The van der Waals surface area contributed by atoms with E-state index >= 15 is 0 Å².